The third-order valence-electron chi connectivity index (χ3n) is 2.50. The van der Waals surface area contributed by atoms with Gasteiger partial charge in [0.25, 0.3) is 0 Å². The zero-order valence-electron chi connectivity index (χ0n) is 8.70. The van der Waals surface area contributed by atoms with Crippen LogP contribution in [0.4, 0.5) is 0 Å². The lowest BCUT2D eigenvalue weighted by Crippen LogP contribution is -2.13. The van der Waals surface area contributed by atoms with Crippen LogP contribution in [0.15, 0.2) is 16.7 Å². The Hall–Kier alpha value is -1.84. The Morgan fingerprint density at radius 2 is 2.07 bits per heavy atom. The molecule has 0 bridgehead atoms. The highest BCUT2D eigenvalue weighted by atomic mass is 16.5. The molecule has 0 radical (unpaired) electrons. The second-order valence-electron chi connectivity index (χ2n) is 3.70. The van der Waals surface area contributed by atoms with E-state index in [2.05, 4.69) is 5.16 Å². The van der Waals surface area contributed by atoms with Crippen molar-refractivity contribution in [3.63, 3.8) is 0 Å². The molecule has 1 aromatic heterocycles. The second kappa shape index (κ2) is 3.38. The summed E-state index contributed by atoms with van der Waals surface area (Å²) in [6, 6.07) is 3.89. The number of nitrogens with zero attached hydrogens (tertiary/aromatic N) is 1. The molecule has 0 atom stereocenters. The Balaban J connectivity index is 2.59. The minimum Gasteiger partial charge on any atom is -0.369 e. The van der Waals surface area contributed by atoms with Gasteiger partial charge < -0.3 is 10.3 Å². The number of amides is 1. The number of benzene rings is 1. The van der Waals surface area contributed by atoms with Gasteiger partial charge in [-0.25, -0.2) is 0 Å². The van der Waals surface area contributed by atoms with Gasteiger partial charge in [0.2, 0.25) is 5.91 Å². The second-order valence-corrected chi connectivity index (χ2v) is 3.70. The number of hydrogen-bond donors (Lipinski definition) is 1. The van der Waals surface area contributed by atoms with Crippen molar-refractivity contribution in [1.29, 1.82) is 0 Å². The summed E-state index contributed by atoms with van der Waals surface area (Å²) in [5.74, 6) is -0.400. The fourth-order valence-electron chi connectivity index (χ4n) is 1.54. The molecule has 0 saturated carbocycles. The third kappa shape index (κ3) is 1.70. The van der Waals surface area contributed by atoms with E-state index in [9.17, 15) is 4.79 Å². The number of rotatable bonds is 2. The van der Waals surface area contributed by atoms with Crippen molar-refractivity contribution in [1.82, 2.24) is 5.16 Å². The van der Waals surface area contributed by atoms with Gasteiger partial charge in [0, 0.05) is 5.39 Å². The summed E-state index contributed by atoms with van der Waals surface area (Å²) in [5, 5.41) is 4.71. The average molecular weight is 204 g/mol. The topological polar surface area (TPSA) is 69.1 Å². The van der Waals surface area contributed by atoms with Gasteiger partial charge in [0.05, 0.1) is 6.42 Å². The Morgan fingerprint density at radius 1 is 1.40 bits per heavy atom. The van der Waals surface area contributed by atoms with Crippen LogP contribution < -0.4 is 5.73 Å². The molecule has 1 amide bonds. The molecule has 15 heavy (non-hydrogen) atoms. The van der Waals surface area contributed by atoms with E-state index in [-0.39, 0.29) is 6.42 Å². The van der Waals surface area contributed by atoms with Crippen LogP contribution in [0.2, 0.25) is 0 Å². The molecule has 0 aliphatic carbocycles. The molecule has 0 aliphatic heterocycles. The summed E-state index contributed by atoms with van der Waals surface area (Å²) in [7, 11) is 0. The minimum atomic E-state index is -0.400. The maximum Gasteiger partial charge on any atom is 0.223 e. The van der Waals surface area contributed by atoms with Crippen LogP contribution in [-0.2, 0) is 11.2 Å². The van der Waals surface area contributed by atoms with Crippen molar-refractivity contribution in [2.24, 2.45) is 5.73 Å². The van der Waals surface area contributed by atoms with Gasteiger partial charge in [-0.05, 0) is 37.1 Å². The lowest BCUT2D eigenvalue weighted by atomic mass is 10.1. The molecule has 0 aliphatic rings. The Bertz CT molecular complexity index is 529. The van der Waals surface area contributed by atoms with E-state index in [1.807, 2.05) is 26.0 Å². The summed E-state index contributed by atoms with van der Waals surface area (Å²) in [6.07, 6.45) is 0.121. The van der Waals surface area contributed by atoms with E-state index in [0.717, 1.165) is 16.5 Å². The van der Waals surface area contributed by atoms with Crippen LogP contribution in [0.5, 0.6) is 0 Å². The van der Waals surface area contributed by atoms with Crippen LogP contribution in [-0.4, -0.2) is 11.1 Å². The molecular formula is C11H12N2O2. The van der Waals surface area contributed by atoms with E-state index < -0.39 is 5.91 Å². The molecule has 0 fully saturated rings. The van der Waals surface area contributed by atoms with Crippen molar-refractivity contribution in [2.45, 2.75) is 20.3 Å². The minimum absolute atomic E-state index is 0.121. The molecule has 2 N–H and O–H groups in total. The molecule has 1 heterocycles. The van der Waals surface area contributed by atoms with Crippen molar-refractivity contribution < 1.29 is 9.32 Å². The van der Waals surface area contributed by atoms with Crippen LogP contribution in [0.1, 0.15) is 16.8 Å². The van der Waals surface area contributed by atoms with Crippen molar-refractivity contribution >= 4 is 16.9 Å². The zero-order chi connectivity index (χ0) is 11.0. The SMILES string of the molecule is Cc1cc2onc(CC(N)=O)c2cc1C. The molecule has 0 unspecified atom stereocenters. The van der Waals surface area contributed by atoms with Crippen molar-refractivity contribution in [3.05, 3.63) is 29.0 Å². The maximum absolute atomic E-state index is 10.8. The fourth-order valence-corrected chi connectivity index (χ4v) is 1.54. The summed E-state index contributed by atoms with van der Waals surface area (Å²) < 4.78 is 5.13. The number of aromatic nitrogens is 1. The number of hydrogen-bond acceptors (Lipinski definition) is 3. The Morgan fingerprint density at radius 3 is 2.73 bits per heavy atom. The average Bonchev–Trinajstić information content (AvgIpc) is 2.49. The number of nitrogens with two attached hydrogens (primary N) is 1. The van der Waals surface area contributed by atoms with Gasteiger partial charge in [-0.15, -0.1) is 0 Å². The molecule has 78 valence electrons. The number of carbonyl (C=O) groups excluding carboxylic acids is 1. The quantitative estimate of drug-likeness (QED) is 0.805. The molecular weight excluding hydrogens is 192 g/mol. The summed E-state index contributed by atoms with van der Waals surface area (Å²) in [4.78, 5) is 10.8. The predicted octanol–water partition coefficient (Wildman–Crippen LogP) is 1.47. The maximum atomic E-state index is 10.8. The van der Waals surface area contributed by atoms with Gasteiger partial charge in [0.1, 0.15) is 5.69 Å². The molecule has 2 aromatic rings. The number of fused-ring (bicyclic) bond motifs is 1. The van der Waals surface area contributed by atoms with Crippen molar-refractivity contribution in [3.8, 4) is 0 Å². The van der Waals surface area contributed by atoms with Gasteiger partial charge in [-0.1, -0.05) is 5.16 Å². The van der Waals surface area contributed by atoms with Crippen LogP contribution in [0.3, 0.4) is 0 Å². The highest BCUT2D eigenvalue weighted by molar-refractivity contribution is 5.86. The molecule has 1 aromatic carbocycles. The molecule has 4 heteroatoms. The largest absolute Gasteiger partial charge is 0.369 e. The predicted molar refractivity (Wildman–Crippen MR) is 56.4 cm³/mol. The van der Waals surface area contributed by atoms with Crippen LogP contribution in [0, 0.1) is 13.8 Å². The van der Waals surface area contributed by atoms with E-state index in [4.69, 9.17) is 10.3 Å². The van der Waals surface area contributed by atoms with E-state index in [1.54, 1.807) is 0 Å². The number of carbonyl (C=O) groups is 1. The Kier molecular flexibility index (Phi) is 2.19. The summed E-state index contributed by atoms with van der Waals surface area (Å²) in [5.41, 5.74) is 8.73. The molecule has 0 saturated heterocycles. The number of aryl methyl sites for hydroxylation is 2. The summed E-state index contributed by atoms with van der Waals surface area (Å²) >= 11 is 0. The van der Waals surface area contributed by atoms with Gasteiger partial charge in [-0.3, -0.25) is 4.79 Å². The first kappa shape index (κ1) is 9.71. The zero-order valence-corrected chi connectivity index (χ0v) is 8.70. The first-order valence-corrected chi connectivity index (χ1v) is 4.71. The third-order valence-corrected chi connectivity index (χ3v) is 2.50. The lowest BCUT2D eigenvalue weighted by molar-refractivity contribution is -0.117. The van der Waals surface area contributed by atoms with Crippen LogP contribution in [0.25, 0.3) is 11.0 Å². The number of primary amides is 1. The summed E-state index contributed by atoms with van der Waals surface area (Å²) in [6.45, 7) is 4.01. The normalized spacial score (nSPS) is 10.8. The van der Waals surface area contributed by atoms with E-state index >= 15 is 0 Å². The highest BCUT2D eigenvalue weighted by Gasteiger charge is 2.11. The van der Waals surface area contributed by atoms with Gasteiger partial charge in [-0.2, -0.15) is 0 Å². The Labute approximate surface area is 87.0 Å². The van der Waals surface area contributed by atoms with Crippen LogP contribution >= 0.6 is 0 Å². The lowest BCUT2D eigenvalue weighted by Gasteiger charge is -1.98. The van der Waals surface area contributed by atoms with E-state index in [1.165, 1.54) is 0 Å². The van der Waals surface area contributed by atoms with Gasteiger partial charge >= 0.3 is 0 Å². The molecule has 4 nitrogen and oxygen atoms in total. The van der Waals surface area contributed by atoms with E-state index in [0.29, 0.717) is 11.3 Å². The smallest absolute Gasteiger partial charge is 0.223 e. The highest BCUT2D eigenvalue weighted by Crippen LogP contribution is 2.22. The standard InChI is InChI=1S/C11H12N2O2/c1-6-3-8-9(5-11(12)14)13-15-10(8)4-7(6)2/h3-4H,5H2,1-2H3,(H2,12,14). The van der Waals surface area contributed by atoms with Gasteiger partial charge in [0.15, 0.2) is 5.58 Å². The first-order chi connectivity index (χ1) is 7.08. The molecule has 0 spiro atoms. The molecule has 2 rings (SSSR count). The first-order valence-electron chi connectivity index (χ1n) is 4.71. The fraction of sp³-hybridized carbons (Fsp3) is 0.273. The van der Waals surface area contributed by atoms with Crippen molar-refractivity contribution in [2.75, 3.05) is 0 Å². The monoisotopic (exact) mass is 204 g/mol.